The highest BCUT2D eigenvalue weighted by Gasteiger charge is 2.37. The van der Waals surface area contributed by atoms with E-state index in [0.717, 1.165) is 0 Å². The van der Waals surface area contributed by atoms with Gasteiger partial charge in [-0.25, -0.2) is 12.8 Å². The molecule has 1 unspecified atom stereocenters. The Morgan fingerprint density at radius 3 is 2.78 bits per heavy atom. The predicted octanol–water partition coefficient (Wildman–Crippen LogP) is 2.15. The first-order chi connectivity index (χ1) is 8.31. The van der Waals surface area contributed by atoms with Crippen molar-refractivity contribution in [1.29, 1.82) is 0 Å². The number of hydrogen-bond donors (Lipinski definition) is 1. The summed E-state index contributed by atoms with van der Waals surface area (Å²) in [6.07, 6.45) is 0.543. The van der Waals surface area contributed by atoms with E-state index in [-0.39, 0.29) is 23.9 Å². The van der Waals surface area contributed by atoms with E-state index in [2.05, 4.69) is 5.32 Å². The van der Waals surface area contributed by atoms with Crippen molar-refractivity contribution in [3.8, 4) is 0 Å². The minimum atomic E-state index is -2.97. The molecule has 1 aromatic rings. The highest BCUT2D eigenvalue weighted by Crippen LogP contribution is 2.25. The van der Waals surface area contributed by atoms with Crippen molar-refractivity contribution in [2.24, 2.45) is 0 Å². The molecule has 6 heteroatoms. The molecule has 2 rings (SSSR count). The molecule has 0 saturated carbocycles. The first kappa shape index (κ1) is 13.8. The average Bonchev–Trinajstić information content (AvgIpc) is 2.53. The van der Waals surface area contributed by atoms with Crippen LogP contribution in [0.2, 0.25) is 5.02 Å². The van der Waals surface area contributed by atoms with Gasteiger partial charge in [-0.2, -0.15) is 0 Å². The third-order valence-electron chi connectivity index (χ3n) is 3.26. The predicted molar refractivity (Wildman–Crippen MR) is 69.9 cm³/mol. The number of nitrogens with one attached hydrogen (secondary N) is 1. The topological polar surface area (TPSA) is 46.2 Å². The Bertz CT molecular complexity index is 541. The lowest BCUT2D eigenvalue weighted by molar-refractivity contribution is 0.391. The molecule has 1 aliphatic heterocycles. The fourth-order valence-electron chi connectivity index (χ4n) is 2.15. The van der Waals surface area contributed by atoms with E-state index in [0.29, 0.717) is 17.0 Å². The summed E-state index contributed by atoms with van der Waals surface area (Å²) < 4.78 is 36.5. The lowest BCUT2D eigenvalue weighted by Gasteiger charge is -2.24. The van der Waals surface area contributed by atoms with Crippen molar-refractivity contribution in [3.63, 3.8) is 0 Å². The van der Waals surface area contributed by atoms with Gasteiger partial charge in [-0.15, -0.1) is 0 Å². The van der Waals surface area contributed by atoms with Crippen LogP contribution in [0.3, 0.4) is 0 Å². The molecule has 1 aromatic carbocycles. The van der Waals surface area contributed by atoms with Gasteiger partial charge < -0.3 is 5.32 Å². The zero-order valence-electron chi connectivity index (χ0n) is 10.0. The molecule has 0 spiro atoms. The Kier molecular flexibility index (Phi) is 3.67. The molecule has 18 heavy (non-hydrogen) atoms. The summed E-state index contributed by atoms with van der Waals surface area (Å²) in [7, 11) is -2.97. The van der Waals surface area contributed by atoms with E-state index in [1.807, 2.05) is 6.92 Å². The van der Waals surface area contributed by atoms with Crippen LogP contribution in [0.15, 0.2) is 18.2 Å². The van der Waals surface area contributed by atoms with Crippen LogP contribution in [0.5, 0.6) is 0 Å². The van der Waals surface area contributed by atoms with Crippen LogP contribution < -0.4 is 5.32 Å². The number of hydrogen-bond acceptors (Lipinski definition) is 3. The van der Waals surface area contributed by atoms with Crippen molar-refractivity contribution < 1.29 is 12.8 Å². The van der Waals surface area contributed by atoms with Crippen molar-refractivity contribution in [3.05, 3.63) is 34.6 Å². The molecule has 1 fully saturated rings. The van der Waals surface area contributed by atoms with Crippen LogP contribution >= 0.6 is 11.6 Å². The molecular formula is C12H15ClFNO2S. The maximum Gasteiger partial charge on any atom is 0.152 e. The molecule has 3 nitrogen and oxygen atoms in total. The molecule has 100 valence electrons. The van der Waals surface area contributed by atoms with E-state index >= 15 is 0 Å². The van der Waals surface area contributed by atoms with Gasteiger partial charge in [-0.1, -0.05) is 17.7 Å². The zero-order valence-corrected chi connectivity index (χ0v) is 11.6. The van der Waals surface area contributed by atoms with Crippen LogP contribution in [0.4, 0.5) is 4.39 Å². The number of benzene rings is 1. The van der Waals surface area contributed by atoms with E-state index in [1.165, 1.54) is 6.07 Å². The summed E-state index contributed by atoms with van der Waals surface area (Å²) in [4.78, 5) is 0. The smallest absolute Gasteiger partial charge is 0.152 e. The molecule has 0 aliphatic carbocycles. The van der Waals surface area contributed by atoms with Crippen molar-refractivity contribution in [2.75, 3.05) is 11.5 Å². The van der Waals surface area contributed by atoms with Crippen molar-refractivity contribution in [1.82, 2.24) is 5.32 Å². The van der Waals surface area contributed by atoms with E-state index < -0.39 is 15.4 Å². The van der Waals surface area contributed by atoms with Gasteiger partial charge in [0.05, 0.1) is 11.5 Å². The SMILES string of the molecule is CC1(NCc2c(F)cccc2Cl)CCS(=O)(=O)C1. The summed E-state index contributed by atoms with van der Waals surface area (Å²) in [6, 6.07) is 4.51. The standard InChI is InChI=1S/C12H15ClFNO2S/c1-12(5-6-18(16,17)8-12)15-7-9-10(13)3-2-4-11(9)14/h2-4,15H,5-8H2,1H3. The van der Waals surface area contributed by atoms with Gasteiger partial charge in [-0.3, -0.25) is 0 Å². The van der Waals surface area contributed by atoms with Crippen LogP contribution in [-0.2, 0) is 16.4 Å². The average molecular weight is 292 g/mol. The first-order valence-corrected chi connectivity index (χ1v) is 7.90. The third kappa shape index (κ3) is 3.02. The summed E-state index contributed by atoms with van der Waals surface area (Å²) in [5.41, 5.74) is -0.116. The maximum atomic E-state index is 13.6. The van der Waals surface area contributed by atoms with Gasteiger partial charge >= 0.3 is 0 Å². The Balaban J connectivity index is 2.09. The summed E-state index contributed by atoms with van der Waals surface area (Å²) >= 11 is 5.92. The first-order valence-electron chi connectivity index (χ1n) is 5.70. The Morgan fingerprint density at radius 2 is 2.22 bits per heavy atom. The van der Waals surface area contributed by atoms with Crippen LogP contribution in [0.1, 0.15) is 18.9 Å². The quantitative estimate of drug-likeness (QED) is 0.928. The van der Waals surface area contributed by atoms with Crippen molar-refractivity contribution in [2.45, 2.75) is 25.4 Å². The largest absolute Gasteiger partial charge is 0.306 e. The molecule has 1 saturated heterocycles. The highest BCUT2D eigenvalue weighted by molar-refractivity contribution is 7.91. The zero-order chi connectivity index (χ0) is 13.4. The second-order valence-corrected chi connectivity index (χ2v) is 7.55. The lowest BCUT2D eigenvalue weighted by Crippen LogP contribution is -2.43. The minimum Gasteiger partial charge on any atom is -0.306 e. The number of rotatable bonds is 3. The fourth-order valence-corrected chi connectivity index (χ4v) is 4.51. The van der Waals surface area contributed by atoms with Gasteiger partial charge in [0, 0.05) is 22.7 Å². The molecular weight excluding hydrogens is 277 g/mol. The molecule has 1 atom stereocenters. The van der Waals surface area contributed by atoms with Crippen molar-refractivity contribution >= 4 is 21.4 Å². The Labute approximate surface area is 111 Å². The van der Waals surface area contributed by atoms with Gasteiger partial charge in [-0.05, 0) is 25.5 Å². The maximum absolute atomic E-state index is 13.6. The van der Waals surface area contributed by atoms with Crippen LogP contribution in [-0.4, -0.2) is 25.5 Å². The molecule has 0 radical (unpaired) electrons. The van der Waals surface area contributed by atoms with Gasteiger partial charge in [0.2, 0.25) is 0 Å². The summed E-state index contributed by atoms with van der Waals surface area (Å²) in [5.74, 6) is -0.104. The lowest BCUT2D eigenvalue weighted by atomic mass is 10.0. The van der Waals surface area contributed by atoms with Gasteiger partial charge in [0.1, 0.15) is 5.82 Å². The number of sulfone groups is 1. The molecule has 0 bridgehead atoms. The monoisotopic (exact) mass is 291 g/mol. The second-order valence-electron chi connectivity index (χ2n) is 4.96. The highest BCUT2D eigenvalue weighted by atomic mass is 35.5. The fraction of sp³-hybridized carbons (Fsp3) is 0.500. The van der Waals surface area contributed by atoms with Gasteiger partial charge in [0.25, 0.3) is 0 Å². The Hall–Kier alpha value is -0.650. The Morgan fingerprint density at radius 1 is 1.50 bits per heavy atom. The van der Waals surface area contributed by atoms with E-state index in [9.17, 15) is 12.8 Å². The van der Waals surface area contributed by atoms with Crippen LogP contribution in [0.25, 0.3) is 0 Å². The second kappa shape index (κ2) is 4.79. The molecule has 1 N–H and O–H groups in total. The number of halogens is 2. The normalized spacial score (nSPS) is 26.4. The van der Waals surface area contributed by atoms with E-state index in [1.54, 1.807) is 12.1 Å². The van der Waals surface area contributed by atoms with Crippen LogP contribution in [0, 0.1) is 5.82 Å². The molecule has 1 aliphatic rings. The molecule has 1 heterocycles. The van der Waals surface area contributed by atoms with E-state index in [4.69, 9.17) is 11.6 Å². The molecule has 0 amide bonds. The minimum absolute atomic E-state index is 0.0894. The summed E-state index contributed by atoms with van der Waals surface area (Å²) in [6.45, 7) is 2.07. The summed E-state index contributed by atoms with van der Waals surface area (Å²) in [5, 5.41) is 3.46. The third-order valence-corrected chi connectivity index (χ3v) is 5.51. The molecule has 0 aromatic heterocycles. The van der Waals surface area contributed by atoms with Gasteiger partial charge in [0.15, 0.2) is 9.84 Å².